The molecule has 0 aliphatic carbocycles. The molecule has 0 amide bonds. The van der Waals surface area contributed by atoms with Crippen molar-refractivity contribution in [3.8, 4) is 0 Å². The first-order chi connectivity index (χ1) is 4.30. The van der Waals surface area contributed by atoms with Gasteiger partial charge in [0.05, 0.1) is 6.17 Å². The average molecular weight is 128 g/mol. The first kappa shape index (κ1) is 7.03. The molecule has 0 aromatic heterocycles. The van der Waals surface area contributed by atoms with Crippen LogP contribution in [0.2, 0.25) is 0 Å². The molecule has 1 fully saturated rings. The number of nitrogens with zero attached hydrogens (tertiary/aromatic N) is 1. The van der Waals surface area contributed by atoms with Gasteiger partial charge < -0.3 is 5.32 Å². The lowest BCUT2D eigenvalue weighted by atomic mass is 10.3. The van der Waals surface area contributed by atoms with Crippen molar-refractivity contribution in [3.63, 3.8) is 0 Å². The summed E-state index contributed by atoms with van der Waals surface area (Å²) in [7, 11) is 2.17. The van der Waals surface area contributed by atoms with Crippen LogP contribution in [0.1, 0.15) is 19.8 Å². The third-order valence-corrected chi connectivity index (χ3v) is 2.04. The van der Waals surface area contributed by atoms with E-state index in [0.29, 0.717) is 6.17 Å². The van der Waals surface area contributed by atoms with Crippen molar-refractivity contribution in [2.45, 2.75) is 25.9 Å². The van der Waals surface area contributed by atoms with Crippen molar-refractivity contribution in [2.75, 3.05) is 20.1 Å². The van der Waals surface area contributed by atoms with Crippen LogP contribution in [0.25, 0.3) is 0 Å². The van der Waals surface area contributed by atoms with Crippen molar-refractivity contribution in [1.29, 1.82) is 0 Å². The van der Waals surface area contributed by atoms with Crippen molar-refractivity contribution < 1.29 is 0 Å². The molecule has 0 saturated carbocycles. The minimum Gasteiger partial charge on any atom is -0.302 e. The lowest BCUT2D eigenvalue weighted by molar-refractivity contribution is 0.242. The minimum absolute atomic E-state index is 0.576. The fourth-order valence-electron chi connectivity index (χ4n) is 1.15. The summed E-state index contributed by atoms with van der Waals surface area (Å²) in [5.74, 6) is 0. The van der Waals surface area contributed by atoms with Crippen LogP contribution in [0, 0.1) is 0 Å². The molecule has 0 radical (unpaired) electrons. The van der Waals surface area contributed by atoms with Gasteiger partial charge in [-0.05, 0) is 39.9 Å². The normalized spacial score (nSPS) is 32.0. The Balaban J connectivity index is 2.32. The molecule has 1 N–H and O–H groups in total. The maximum Gasteiger partial charge on any atom is 0.0565 e. The van der Waals surface area contributed by atoms with E-state index in [9.17, 15) is 0 Å². The van der Waals surface area contributed by atoms with E-state index < -0.39 is 0 Å². The molecule has 1 saturated heterocycles. The fraction of sp³-hybridized carbons (Fsp3) is 1.00. The summed E-state index contributed by atoms with van der Waals surface area (Å²) in [6, 6.07) is 0. The number of hydrogen-bond donors (Lipinski definition) is 1. The molecule has 1 atom stereocenters. The van der Waals surface area contributed by atoms with Gasteiger partial charge in [0.2, 0.25) is 0 Å². The van der Waals surface area contributed by atoms with Crippen LogP contribution in [-0.2, 0) is 0 Å². The summed E-state index contributed by atoms with van der Waals surface area (Å²) in [6.45, 7) is 4.64. The average Bonchev–Trinajstić information content (AvgIpc) is 1.99. The SMILES string of the molecule is CC1NCCCCN1C. The van der Waals surface area contributed by atoms with Crippen LogP contribution < -0.4 is 5.32 Å². The maximum atomic E-state index is 3.42. The van der Waals surface area contributed by atoms with E-state index in [0.717, 1.165) is 0 Å². The monoisotopic (exact) mass is 128 g/mol. The van der Waals surface area contributed by atoms with Crippen molar-refractivity contribution >= 4 is 0 Å². The second-order valence-electron chi connectivity index (χ2n) is 2.82. The van der Waals surface area contributed by atoms with Gasteiger partial charge in [0.15, 0.2) is 0 Å². The molecule has 1 aliphatic heterocycles. The molecule has 1 rings (SSSR count). The summed E-state index contributed by atoms with van der Waals surface area (Å²) in [5.41, 5.74) is 0. The smallest absolute Gasteiger partial charge is 0.0565 e. The van der Waals surface area contributed by atoms with Crippen LogP contribution in [-0.4, -0.2) is 31.2 Å². The Hall–Kier alpha value is -0.0800. The molecule has 1 aliphatic rings. The largest absolute Gasteiger partial charge is 0.302 e. The van der Waals surface area contributed by atoms with E-state index in [4.69, 9.17) is 0 Å². The van der Waals surface area contributed by atoms with Crippen LogP contribution in [0.3, 0.4) is 0 Å². The van der Waals surface area contributed by atoms with E-state index in [2.05, 4.69) is 24.2 Å². The predicted octanol–water partition coefficient (Wildman–Crippen LogP) is 0.648. The molecule has 0 bridgehead atoms. The third kappa shape index (κ3) is 1.95. The maximum absolute atomic E-state index is 3.42. The van der Waals surface area contributed by atoms with E-state index >= 15 is 0 Å². The Morgan fingerprint density at radius 3 is 3.00 bits per heavy atom. The topological polar surface area (TPSA) is 15.3 Å². The molecule has 0 aromatic carbocycles. The zero-order chi connectivity index (χ0) is 6.69. The van der Waals surface area contributed by atoms with Gasteiger partial charge in [-0.1, -0.05) is 0 Å². The highest BCUT2D eigenvalue weighted by Gasteiger charge is 2.09. The van der Waals surface area contributed by atoms with Crippen molar-refractivity contribution in [1.82, 2.24) is 10.2 Å². The summed E-state index contributed by atoms with van der Waals surface area (Å²) in [5, 5.41) is 3.42. The molecule has 1 heterocycles. The van der Waals surface area contributed by atoms with Crippen LogP contribution in [0.5, 0.6) is 0 Å². The van der Waals surface area contributed by atoms with Gasteiger partial charge in [0, 0.05) is 0 Å². The van der Waals surface area contributed by atoms with Gasteiger partial charge >= 0.3 is 0 Å². The quantitative estimate of drug-likeness (QED) is 0.515. The Morgan fingerprint density at radius 1 is 1.44 bits per heavy atom. The van der Waals surface area contributed by atoms with Crippen LogP contribution in [0.4, 0.5) is 0 Å². The predicted molar refractivity (Wildman–Crippen MR) is 39.3 cm³/mol. The Labute approximate surface area is 57.2 Å². The first-order valence-electron chi connectivity index (χ1n) is 3.74. The van der Waals surface area contributed by atoms with E-state index in [1.54, 1.807) is 0 Å². The molecular formula is C7H16N2. The minimum atomic E-state index is 0.576. The zero-order valence-electron chi connectivity index (χ0n) is 6.35. The zero-order valence-corrected chi connectivity index (χ0v) is 6.35. The lowest BCUT2D eigenvalue weighted by Gasteiger charge is -2.21. The molecule has 0 aromatic rings. The third-order valence-electron chi connectivity index (χ3n) is 2.04. The van der Waals surface area contributed by atoms with Gasteiger partial charge in [-0.3, -0.25) is 4.90 Å². The van der Waals surface area contributed by atoms with Gasteiger partial charge in [-0.2, -0.15) is 0 Å². The van der Waals surface area contributed by atoms with E-state index in [1.807, 2.05) is 0 Å². The van der Waals surface area contributed by atoms with E-state index in [-0.39, 0.29) is 0 Å². The van der Waals surface area contributed by atoms with E-state index in [1.165, 1.54) is 25.9 Å². The fourth-order valence-corrected chi connectivity index (χ4v) is 1.15. The highest BCUT2D eigenvalue weighted by molar-refractivity contribution is 4.65. The van der Waals surface area contributed by atoms with Crippen molar-refractivity contribution in [3.05, 3.63) is 0 Å². The lowest BCUT2D eigenvalue weighted by Crippen LogP contribution is -2.39. The second-order valence-corrected chi connectivity index (χ2v) is 2.82. The van der Waals surface area contributed by atoms with Gasteiger partial charge in [0.1, 0.15) is 0 Å². The summed E-state index contributed by atoms with van der Waals surface area (Å²) in [4.78, 5) is 2.35. The standard InChI is InChI=1S/C7H16N2/c1-7-8-5-3-4-6-9(7)2/h7-8H,3-6H2,1-2H3. The van der Waals surface area contributed by atoms with Crippen molar-refractivity contribution in [2.24, 2.45) is 0 Å². The Kier molecular flexibility index (Phi) is 2.49. The van der Waals surface area contributed by atoms with Gasteiger partial charge in [-0.25, -0.2) is 0 Å². The van der Waals surface area contributed by atoms with Gasteiger partial charge in [-0.15, -0.1) is 0 Å². The van der Waals surface area contributed by atoms with Gasteiger partial charge in [0.25, 0.3) is 0 Å². The second kappa shape index (κ2) is 3.18. The van der Waals surface area contributed by atoms with Crippen LogP contribution in [0.15, 0.2) is 0 Å². The Morgan fingerprint density at radius 2 is 2.22 bits per heavy atom. The first-order valence-corrected chi connectivity index (χ1v) is 3.74. The number of rotatable bonds is 0. The highest BCUT2D eigenvalue weighted by atomic mass is 15.2. The number of hydrogen-bond acceptors (Lipinski definition) is 2. The number of nitrogens with one attached hydrogen (secondary N) is 1. The molecule has 9 heavy (non-hydrogen) atoms. The molecule has 2 nitrogen and oxygen atoms in total. The van der Waals surface area contributed by atoms with Crippen LogP contribution >= 0.6 is 0 Å². The summed E-state index contributed by atoms with van der Waals surface area (Å²) in [6.07, 6.45) is 3.25. The Bertz CT molecular complexity index is 73.0. The molecule has 54 valence electrons. The molecule has 1 unspecified atom stereocenters. The molecular weight excluding hydrogens is 112 g/mol. The highest BCUT2D eigenvalue weighted by Crippen LogP contribution is 2.00. The summed E-state index contributed by atoms with van der Waals surface area (Å²) >= 11 is 0. The molecule has 0 spiro atoms. The molecule has 2 heteroatoms. The summed E-state index contributed by atoms with van der Waals surface area (Å²) < 4.78 is 0.